The molecule has 3 aromatic rings. The predicted molar refractivity (Wildman–Crippen MR) is 88.2 cm³/mol. The van der Waals surface area contributed by atoms with Crippen LogP contribution >= 0.6 is 0 Å². The summed E-state index contributed by atoms with van der Waals surface area (Å²) in [6.45, 7) is 3.87. The Kier molecular flexibility index (Phi) is 4.05. The topological polar surface area (TPSA) is 106 Å². The molecule has 0 spiro atoms. The van der Waals surface area contributed by atoms with E-state index in [1.165, 1.54) is 21.8 Å². The zero-order valence-corrected chi connectivity index (χ0v) is 13.5. The summed E-state index contributed by atoms with van der Waals surface area (Å²) in [6.07, 6.45) is 4.38. The first-order valence-corrected chi connectivity index (χ1v) is 8.43. The monoisotopic (exact) mass is 340 g/mol. The third kappa shape index (κ3) is 2.53. The van der Waals surface area contributed by atoms with Crippen molar-refractivity contribution >= 4 is 21.8 Å². The predicted octanol–water partition coefficient (Wildman–Crippen LogP) is 0.772. The number of allylic oxidation sites excluding steroid dienone is 1. The molecular weight excluding hydrogens is 328 g/mol. The smallest absolute Gasteiger partial charge is 0.267 e. The minimum atomic E-state index is -1.40. The van der Waals surface area contributed by atoms with Crippen LogP contribution in [0.15, 0.2) is 47.0 Å². The molecule has 0 aliphatic rings. The Morgan fingerprint density at radius 3 is 2.88 bits per heavy atom. The van der Waals surface area contributed by atoms with Gasteiger partial charge in [0, 0.05) is 12.5 Å². The van der Waals surface area contributed by atoms with Crippen molar-refractivity contribution in [1.29, 1.82) is 5.26 Å². The van der Waals surface area contributed by atoms with Gasteiger partial charge in [0.05, 0.1) is 17.3 Å². The molecule has 24 heavy (non-hydrogen) atoms. The largest absolute Gasteiger partial charge is 0.278 e. The van der Waals surface area contributed by atoms with Crippen molar-refractivity contribution in [2.45, 2.75) is 11.7 Å². The third-order valence-electron chi connectivity index (χ3n) is 3.28. The number of pyridine rings is 1. The lowest BCUT2D eigenvalue weighted by molar-refractivity contribution is 0.595. The molecule has 3 heterocycles. The van der Waals surface area contributed by atoms with Crippen LogP contribution < -0.4 is 5.56 Å². The molecule has 9 heteroatoms. The number of fused-ring (bicyclic) bond motifs is 1. The highest BCUT2D eigenvalue weighted by Gasteiger charge is 2.18. The molecule has 0 aliphatic heterocycles. The van der Waals surface area contributed by atoms with Gasteiger partial charge in [-0.15, -0.1) is 6.58 Å². The number of hydrogen-bond donors (Lipinski definition) is 0. The number of hydrogen-bond acceptors (Lipinski definition) is 6. The molecule has 0 saturated carbocycles. The molecule has 0 aliphatic carbocycles. The summed E-state index contributed by atoms with van der Waals surface area (Å²) < 4.78 is 14.5. The molecule has 3 aromatic heterocycles. The number of nitrogens with zero attached hydrogens (tertiary/aromatic N) is 6. The average Bonchev–Trinajstić information content (AvgIpc) is 2.87. The Hall–Kier alpha value is -3.12. The quantitative estimate of drug-likeness (QED) is 0.513. The summed E-state index contributed by atoms with van der Waals surface area (Å²) in [5.41, 5.74) is 0.174. The Labute approximate surface area is 139 Å². The van der Waals surface area contributed by atoms with Crippen molar-refractivity contribution in [3.05, 3.63) is 53.1 Å². The van der Waals surface area contributed by atoms with Gasteiger partial charge in [0.15, 0.2) is 11.5 Å². The summed E-state index contributed by atoms with van der Waals surface area (Å²) in [6, 6.07) is 6.84. The molecule has 120 valence electrons. The summed E-state index contributed by atoms with van der Waals surface area (Å²) >= 11 is 0. The SMILES string of the molecule is C=CCn1c(=O)c2cnc(S(C)=O)nc2n1-c1cccc(C#N)n1. The van der Waals surface area contributed by atoms with Gasteiger partial charge in [-0.2, -0.15) is 5.26 Å². The lowest BCUT2D eigenvalue weighted by atomic mass is 10.3. The van der Waals surface area contributed by atoms with Crippen molar-refractivity contribution < 1.29 is 4.21 Å². The van der Waals surface area contributed by atoms with E-state index in [2.05, 4.69) is 21.5 Å². The lowest BCUT2D eigenvalue weighted by Gasteiger charge is -2.09. The second kappa shape index (κ2) is 6.17. The molecular formula is C15H12N6O2S. The minimum absolute atomic E-state index is 0.114. The number of aromatic nitrogens is 5. The van der Waals surface area contributed by atoms with Gasteiger partial charge in [0.1, 0.15) is 17.1 Å². The molecule has 1 atom stereocenters. The molecule has 0 fully saturated rings. The van der Waals surface area contributed by atoms with E-state index in [0.29, 0.717) is 5.82 Å². The molecule has 1 unspecified atom stereocenters. The Morgan fingerprint density at radius 2 is 2.21 bits per heavy atom. The maximum Gasteiger partial charge on any atom is 0.278 e. The van der Waals surface area contributed by atoms with Crippen LogP contribution in [-0.2, 0) is 17.3 Å². The van der Waals surface area contributed by atoms with E-state index in [1.807, 2.05) is 6.07 Å². The number of rotatable bonds is 4. The highest BCUT2D eigenvalue weighted by atomic mass is 32.2. The van der Waals surface area contributed by atoms with Crippen LogP contribution in [0.5, 0.6) is 0 Å². The zero-order valence-electron chi connectivity index (χ0n) is 12.7. The van der Waals surface area contributed by atoms with Crippen molar-refractivity contribution in [1.82, 2.24) is 24.3 Å². The van der Waals surface area contributed by atoms with Gasteiger partial charge in [-0.1, -0.05) is 12.1 Å². The van der Waals surface area contributed by atoms with Gasteiger partial charge in [-0.3, -0.25) is 9.00 Å². The molecule has 0 radical (unpaired) electrons. The van der Waals surface area contributed by atoms with E-state index < -0.39 is 10.8 Å². The van der Waals surface area contributed by atoms with Crippen LogP contribution in [0.1, 0.15) is 5.69 Å². The first-order chi connectivity index (χ1) is 11.6. The van der Waals surface area contributed by atoms with E-state index in [9.17, 15) is 9.00 Å². The van der Waals surface area contributed by atoms with E-state index in [0.717, 1.165) is 0 Å². The fourth-order valence-corrected chi connectivity index (χ4v) is 2.69. The number of nitriles is 1. The van der Waals surface area contributed by atoms with Crippen LogP contribution in [-0.4, -0.2) is 34.8 Å². The van der Waals surface area contributed by atoms with Gasteiger partial charge >= 0.3 is 0 Å². The molecule has 0 bridgehead atoms. The fourth-order valence-electron chi connectivity index (χ4n) is 2.27. The second-order valence-electron chi connectivity index (χ2n) is 4.82. The van der Waals surface area contributed by atoms with Gasteiger partial charge < -0.3 is 0 Å². The van der Waals surface area contributed by atoms with Gasteiger partial charge in [-0.05, 0) is 12.1 Å². The van der Waals surface area contributed by atoms with Crippen LogP contribution in [0.25, 0.3) is 16.9 Å². The van der Waals surface area contributed by atoms with Crippen molar-refractivity contribution in [2.75, 3.05) is 6.26 Å². The van der Waals surface area contributed by atoms with Crippen LogP contribution in [0.2, 0.25) is 0 Å². The summed E-state index contributed by atoms with van der Waals surface area (Å²) in [5, 5.41) is 9.43. The van der Waals surface area contributed by atoms with E-state index >= 15 is 0 Å². The molecule has 0 saturated heterocycles. The van der Waals surface area contributed by atoms with E-state index in [1.54, 1.807) is 24.3 Å². The first-order valence-electron chi connectivity index (χ1n) is 6.87. The summed E-state index contributed by atoms with van der Waals surface area (Å²) in [5.74, 6) is 0.356. The molecule has 0 aromatic carbocycles. The third-order valence-corrected chi connectivity index (χ3v) is 3.99. The summed E-state index contributed by atoms with van der Waals surface area (Å²) in [4.78, 5) is 25.0. The van der Waals surface area contributed by atoms with Crippen LogP contribution in [0.3, 0.4) is 0 Å². The average molecular weight is 340 g/mol. The van der Waals surface area contributed by atoms with Crippen molar-refractivity contribution in [2.24, 2.45) is 0 Å². The van der Waals surface area contributed by atoms with Crippen LogP contribution in [0, 0.1) is 11.3 Å². The normalized spacial score (nSPS) is 12.0. The molecule has 3 rings (SSSR count). The van der Waals surface area contributed by atoms with E-state index in [4.69, 9.17) is 5.26 Å². The Bertz CT molecular complexity index is 1080. The maximum absolute atomic E-state index is 12.6. The zero-order chi connectivity index (χ0) is 17.3. The van der Waals surface area contributed by atoms with Crippen LogP contribution in [0.4, 0.5) is 0 Å². The Balaban J connectivity index is 2.42. The Morgan fingerprint density at radius 1 is 1.42 bits per heavy atom. The van der Waals surface area contributed by atoms with Gasteiger partial charge in [0.2, 0.25) is 5.16 Å². The van der Waals surface area contributed by atoms with Crippen molar-refractivity contribution in [3.8, 4) is 11.9 Å². The van der Waals surface area contributed by atoms with Crippen molar-refractivity contribution in [3.63, 3.8) is 0 Å². The molecule has 8 nitrogen and oxygen atoms in total. The lowest BCUT2D eigenvalue weighted by Crippen LogP contribution is -2.22. The van der Waals surface area contributed by atoms with Gasteiger partial charge in [-0.25, -0.2) is 24.3 Å². The molecule has 0 N–H and O–H groups in total. The molecule has 0 amide bonds. The second-order valence-corrected chi connectivity index (χ2v) is 6.10. The first kappa shape index (κ1) is 15.8. The standard InChI is InChI=1S/C15H12N6O2S/c1-3-7-20-14(22)11-9-17-15(24(2)23)19-13(11)21(20)12-6-4-5-10(8-16)18-12/h3-6,9H,1,7H2,2H3. The van der Waals surface area contributed by atoms with Gasteiger partial charge in [0.25, 0.3) is 5.56 Å². The highest BCUT2D eigenvalue weighted by Crippen LogP contribution is 2.15. The summed E-state index contributed by atoms with van der Waals surface area (Å²) in [7, 11) is -1.40. The fraction of sp³-hybridized carbons (Fsp3) is 0.133. The minimum Gasteiger partial charge on any atom is -0.267 e. The highest BCUT2D eigenvalue weighted by molar-refractivity contribution is 7.84. The maximum atomic E-state index is 12.6. The van der Waals surface area contributed by atoms with E-state index in [-0.39, 0.29) is 34.0 Å².